The summed E-state index contributed by atoms with van der Waals surface area (Å²) in [5, 5.41) is 22.6. The molecule has 3 N–H and O–H groups in total. The highest BCUT2D eigenvalue weighted by Crippen LogP contribution is 2.23. The van der Waals surface area contributed by atoms with Gasteiger partial charge in [-0.15, -0.1) is 0 Å². The molecule has 1 unspecified atom stereocenters. The minimum atomic E-state index is -0.378. The minimum absolute atomic E-state index is 0.282. The number of nitrogens with zero attached hydrogens (tertiary/aromatic N) is 6. The summed E-state index contributed by atoms with van der Waals surface area (Å²) in [6.07, 6.45) is 6.05. The number of anilines is 2. The van der Waals surface area contributed by atoms with Gasteiger partial charge in [0.25, 0.3) is 0 Å². The van der Waals surface area contributed by atoms with Gasteiger partial charge < -0.3 is 20.6 Å². The van der Waals surface area contributed by atoms with Gasteiger partial charge in [-0.2, -0.15) is 5.26 Å². The Morgan fingerprint density at radius 3 is 2.72 bits per heavy atom. The van der Waals surface area contributed by atoms with E-state index in [2.05, 4.69) is 55.1 Å². The first-order chi connectivity index (χ1) is 13.9. The third-order valence-electron chi connectivity index (χ3n) is 4.28. The van der Waals surface area contributed by atoms with Crippen molar-refractivity contribution < 1.29 is 0 Å². The zero-order valence-corrected chi connectivity index (χ0v) is 16.8. The Hall–Kier alpha value is -3.80. The minimum Gasteiger partial charge on any atom is -0.375 e. The molecule has 0 aromatic carbocycles. The smallest absolute Gasteiger partial charge is 0.164 e. The van der Waals surface area contributed by atoms with Gasteiger partial charge in [-0.25, -0.2) is 19.9 Å². The molecule has 0 saturated heterocycles. The topological polar surface area (TPSA) is 128 Å². The van der Waals surface area contributed by atoms with E-state index in [1.165, 1.54) is 0 Å². The molecule has 0 amide bonds. The summed E-state index contributed by atoms with van der Waals surface area (Å²) in [5.41, 5.74) is 2.31. The quantitative estimate of drug-likeness (QED) is 0.529. The van der Waals surface area contributed by atoms with Crippen molar-refractivity contribution in [1.29, 1.82) is 10.7 Å². The van der Waals surface area contributed by atoms with Crippen molar-refractivity contribution in [3.05, 3.63) is 42.4 Å². The molecule has 0 fully saturated rings. The lowest BCUT2D eigenvalue weighted by Crippen LogP contribution is -2.18. The Labute approximate surface area is 169 Å². The van der Waals surface area contributed by atoms with Crippen LogP contribution in [-0.2, 0) is 0 Å². The Morgan fingerprint density at radius 2 is 2.03 bits per heavy atom. The number of allylic oxidation sites excluding steroid dienone is 1. The first kappa shape index (κ1) is 19.9. The summed E-state index contributed by atoms with van der Waals surface area (Å²) in [6.45, 7) is 7.94. The molecule has 0 aliphatic rings. The van der Waals surface area contributed by atoms with Crippen LogP contribution in [0.1, 0.15) is 38.5 Å². The highest BCUT2D eigenvalue weighted by molar-refractivity contribution is 6.06. The largest absolute Gasteiger partial charge is 0.375 e. The molecule has 148 valence electrons. The van der Waals surface area contributed by atoms with Crippen molar-refractivity contribution in [2.75, 3.05) is 5.32 Å². The number of fused-ring (bicyclic) bond motifs is 1. The molecule has 0 spiro atoms. The van der Waals surface area contributed by atoms with Gasteiger partial charge in [-0.05, 0) is 33.8 Å². The van der Waals surface area contributed by atoms with Crippen molar-refractivity contribution in [2.24, 2.45) is 0 Å². The van der Waals surface area contributed by atoms with E-state index in [0.29, 0.717) is 23.0 Å². The second-order valence-corrected chi connectivity index (χ2v) is 6.83. The second kappa shape index (κ2) is 8.48. The van der Waals surface area contributed by atoms with Crippen LogP contribution >= 0.6 is 0 Å². The van der Waals surface area contributed by atoms with Gasteiger partial charge >= 0.3 is 0 Å². The van der Waals surface area contributed by atoms with Crippen molar-refractivity contribution >= 4 is 34.5 Å². The summed E-state index contributed by atoms with van der Waals surface area (Å²) in [6, 6.07) is 5.65. The Morgan fingerprint density at radius 1 is 1.24 bits per heavy atom. The highest BCUT2D eigenvalue weighted by Gasteiger charge is 2.12. The maximum atomic E-state index is 8.88. The van der Waals surface area contributed by atoms with Crippen LogP contribution in [-0.4, -0.2) is 36.8 Å². The molecule has 0 radical (unpaired) electrons. The average molecular weight is 389 g/mol. The lowest BCUT2D eigenvalue weighted by Gasteiger charge is -2.11. The number of pyridine rings is 1. The average Bonchev–Trinajstić information content (AvgIpc) is 3.03. The van der Waals surface area contributed by atoms with Crippen LogP contribution in [0.5, 0.6) is 0 Å². The highest BCUT2D eigenvalue weighted by atomic mass is 15.1. The van der Waals surface area contributed by atoms with E-state index >= 15 is 0 Å². The molecule has 3 aromatic rings. The van der Waals surface area contributed by atoms with Crippen LogP contribution in [0.3, 0.4) is 0 Å². The van der Waals surface area contributed by atoms with Gasteiger partial charge in [-0.1, -0.05) is 0 Å². The maximum Gasteiger partial charge on any atom is 0.164 e. The summed E-state index contributed by atoms with van der Waals surface area (Å²) in [4.78, 5) is 17.7. The molecule has 0 aliphatic heterocycles. The van der Waals surface area contributed by atoms with Crippen LogP contribution in [0.25, 0.3) is 16.6 Å². The van der Waals surface area contributed by atoms with Crippen molar-refractivity contribution in [3.63, 3.8) is 0 Å². The number of aromatic nitrogens is 5. The summed E-state index contributed by atoms with van der Waals surface area (Å²) >= 11 is 0. The molecule has 29 heavy (non-hydrogen) atoms. The fourth-order valence-corrected chi connectivity index (χ4v) is 2.96. The van der Waals surface area contributed by atoms with E-state index in [4.69, 9.17) is 10.7 Å². The number of aryl methyl sites for hydroxylation is 1. The molecule has 0 aliphatic carbocycles. The van der Waals surface area contributed by atoms with Crippen LogP contribution in [0.15, 0.2) is 30.7 Å². The first-order valence-corrected chi connectivity index (χ1v) is 9.24. The normalized spacial score (nSPS) is 12.6. The maximum absolute atomic E-state index is 8.88. The van der Waals surface area contributed by atoms with Crippen LogP contribution in [0.4, 0.5) is 11.6 Å². The molecule has 3 aromatic heterocycles. The predicted octanol–water partition coefficient (Wildman–Crippen LogP) is 3.35. The van der Waals surface area contributed by atoms with Crippen LogP contribution < -0.4 is 10.6 Å². The molecular weight excluding hydrogens is 366 g/mol. The molecule has 3 rings (SSSR count). The molecule has 9 nitrogen and oxygen atoms in total. The number of hydrogen-bond acceptors (Lipinski definition) is 8. The van der Waals surface area contributed by atoms with Crippen LogP contribution in [0, 0.1) is 23.7 Å². The van der Waals surface area contributed by atoms with Gasteiger partial charge in [0, 0.05) is 30.7 Å². The Bertz CT molecular complexity index is 1100. The zero-order valence-electron chi connectivity index (χ0n) is 16.8. The number of rotatable bonds is 7. The summed E-state index contributed by atoms with van der Waals surface area (Å²) in [7, 11) is 0. The lowest BCUT2D eigenvalue weighted by atomic mass is 10.2. The number of imidazole rings is 1. The molecule has 0 bridgehead atoms. The third kappa shape index (κ3) is 4.38. The van der Waals surface area contributed by atoms with E-state index in [9.17, 15) is 0 Å². The van der Waals surface area contributed by atoms with Crippen molar-refractivity contribution in [2.45, 2.75) is 39.8 Å². The summed E-state index contributed by atoms with van der Waals surface area (Å²) < 4.78 is 2.16. The number of nitrogens with one attached hydrogen (secondary N) is 3. The molecule has 9 heteroatoms. The van der Waals surface area contributed by atoms with E-state index in [0.717, 1.165) is 23.1 Å². The van der Waals surface area contributed by atoms with E-state index in [1.54, 1.807) is 31.6 Å². The van der Waals surface area contributed by atoms with E-state index < -0.39 is 0 Å². The van der Waals surface area contributed by atoms with E-state index in [1.807, 2.05) is 13.0 Å². The van der Waals surface area contributed by atoms with Gasteiger partial charge in [0.05, 0.1) is 23.4 Å². The number of hydrogen-bond donors (Lipinski definition) is 3. The second-order valence-electron chi connectivity index (χ2n) is 6.83. The molecule has 0 saturated carbocycles. The van der Waals surface area contributed by atoms with Gasteiger partial charge in [0.2, 0.25) is 0 Å². The van der Waals surface area contributed by atoms with Gasteiger partial charge in [0.15, 0.2) is 5.82 Å². The van der Waals surface area contributed by atoms with Gasteiger partial charge in [0.1, 0.15) is 29.0 Å². The van der Waals surface area contributed by atoms with Gasteiger partial charge in [-0.3, -0.25) is 0 Å². The Balaban J connectivity index is 1.89. The first-order valence-electron chi connectivity index (χ1n) is 9.24. The molecule has 3 heterocycles. The molecular formula is C20H23N9. The SMILES string of the molecule is Cc1nc2cnc(Nc3ccnc(/C(C=N)=C/NC(C)C#N)n3)cc2n1C(C)C. The Kier molecular flexibility index (Phi) is 5.83. The van der Waals surface area contributed by atoms with Crippen molar-refractivity contribution in [3.8, 4) is 6.07 Å². The zero-order chi connectivity index (χ0) is 21.0. The van der Waals surface area contributed by atoms with E-state index in [-0.39, 0.29) is 12.1 Å². The third-order valence-corrected chi connectivity index (χ3v) is 4.28. The van der Waals surface area contributed by atoms with Crippen LogP contribution in [0.2, 0.25) is 0 Å². The number of nitriles is 1. The lowest BCUT2D eigenvalue weighted by molar-refractivity contribution is 0.600. The van der Waals surface area contributed by atoms with Crippen molar-refractivity contribution in [1.82, 2.24) is 29.8 Å². The predicted molar refractivity (Wildman–Crippen MR) is 113 cm³/mol. The monoisotopic (exact) mass is 389 g/mol. The standard InChI is InChI=1S/C20H23N9/c1-12(2)29-14(4)26-16-11-25-19(7-17(16)29)27-18-5-6-23-20(28-18)15(9-22)10-24-13(3)8-21/h5-7,9-13,22,24H,1-4H3,(H,23,25,27,28)/b15-10+,22-9?. The fourth-order valence-electron chi connectivity index (χ4n) is 2.96. The fraction of sp³-hybridized carbons (Fsp3) is 0.300. The summed E-state index contributed by atoms with van der Waals surface area (Å²) in [5.74, 6) is 2.50. The molecule has 1 atom stereocenters.